The summed E-state index contributed by atoms with van der Waals surface area (Å²) in [4.78, 5) is 0. The number of hydrogen-bond acceptors (Lipinski definition) is 2. The monoisotopic (exact) mass is 155 g/mol. The molecule has 0 heterocycles. The molecule has 0 fully saturated rings. The van der Waals surface area contributed by atoms with Gasteiger partial charge in [0.05, 0.1) is 6.10 Å². The Bertz CT molecular complexity index is 155. The fourth-order valence-electron chi connectivity index (χ4n) is 0.787. The number of rotatable bonds is 3. The first-order valence-corrected chi connectivity index (χ1v) is 3.92. The van der Waals surface area contributed by atoms with E-state index in [1.54, 1.807) is 6.92 Å². The molecule has 2 heteroatoms. The standard InChI is InChI=1S/C9H17NO/c1-4-5-6-8(11)9(10)7(2)3/h7-9,11H,6,10H2,1-3H3. The van der Waals surface area contributed by atoms with Crippen molar-refractivity contribution in [2.24, 2.45) is 11.7 Å². The van der Waals surface area contributed by atoms with E-state index in [4.69, 9.17) is 5.73 Å². The Morgan fingerprint density at radius 1 is 1.45 bits per heavy atom. The third-order valence-corrected chi connectivity index (χ3v) is 1.70. The molecule has 11 heavy (non-hydrogen) atoms. The van der Waals surface area contributed by atoms with Crippen LogP contribution in [0.3, 0.4) is 0 Å². The lowest BCUT2D eigenvalue weighted by atomic mass is 9.98. The Balaban J connectivity index is 3.78. The van der Waals surface area contributed by atoms with Crippen LogP contribution in [0, 0.1) is 17.8 Å². The summed E-state index contributed by atoms with van der Waals surface area (Å²) in [6, 6.07) is -0.157. The van der Waals surface area contributed by atoms with Crippen LogP contribution in [-0.4, -0.2) is 17.3 Å². The van der Waals surface area contributed by atoms with Crippen molar-refractivity contribution >= 4 is 0 Å². The summed E-state index contributed by atoms with van der Waals surface area (Å²) in [5.74, 6) is 5.84. The first-order chi connectivity index (χ1) is 5.09. The molecule has 0 aromatic carbocycles. The number of aliphatic hydroxyl groups is 1. The van der Waals surface area contributed by atoms with E-state index in [0.29, 0.717) is 12.3 Å². The van der Waals surface area contributed by atoms with Gasteiger partial charge < -0.3 is 10.8 Å². The molecule has 2 unspecified atom stereocenters. The van der Waals surface area contributed by atoms with E-state index in [-0.39, 0.29) is 6.04 Å². The van der Waals surface area contributed by atoms with Crippen LogP contribution in [0.1, 0.15) is 27.2 Å². The molecule has 0 aliphatic carbocycles. The van der Waals surface area contributed by atoms with E-state index in [1.807, 2.05) is 13.8 Å². The third kappa shape index (κ3) is 4.02. The summed E-state index contributed by atoms with van der Waals surface area (Å²) in [7, 11) is 0. The van der Waals surface area contributed by atoms with Crippen LogP contribution < -0.4 is 5.73 Å². The van der Waals surface area contributed by atoms with Crippen molar-refractivity contribution in [1.29, 1.82) is 0 Å². The molecule has 0 saturated carbocycles. The summed E-state index contributed by atoms with van der Waals surface area (Å²) in [5.41, 5.74) is 5.68. The summed E-state index contributed by atoms with van der Waals surface area (Å²) in [5, 5.41) is 9.39. The lowest BCUT2D eigenvalue weighted by Crippen LogP contribution is -2.38. The fraction of sp³-hybridized carbons (Fsp3) is 0.778. The first-order valence-electron chi connectivity index (χ1n) is 3.92. The average molecular weight is 155 g/mol. The van der Waals surface area contributed by atoms with Crippen LogP contribution in [0.15, 0.2) is 0 Å². The minimum absolute atomic E-state index is 0.157. The van der Waals surface area contributed by atoms with E-state index < -0.39 is 6.10 Å². The molecule has 0 aromatic rings. The molecule has 0 amide bonds. The van der Waals surface area contributed by atoms with Crippen LogP contribution in [0.4, 0.5) is 0 Å². The Hall–Kier alpha value is -0.520. The van der Waals surface area contributed by atoms with Gasteiger partial charge in [-0.3, -0.25) is 0 Å². The van der Waals surface area contributed by atoms with Crippen molar-refractivity contribution in [3.05, 3.63) is 0 Å². The molecule has 0 spiro atoms. The zero-order valence-electron chi connectivity index (χ0n) is 7.46. The molecule has 64 valence electrons. The van der Waals surface area contributed by atoms with E-state index in [0.717, 1.165) is 0 Å². The molecule has 0 aromatic heterocycles. The maximum Gasteiger partial charge on any atom is 0.0802 e. The highest BCUT2D eigenvalue weighted by atomic mass is 16.3. The van der Waals surface area contributed by atoms with Gasteiger partial charge in [-0.25, -0.2) is 0 Å². The normalized spacial score (nSPS) is 15.5. The van der Waals surface area contributed by atoms with E-state index in [2.05, 4.69) is 11.8 Å². The smallest absolute Gasteiger partial charge is 0.0802 e. The van der Waals surface area contributed by atoms with Crippen molar-refractivity contribution in [1.82, 2.24) is 0 Å². The van der Waals surface area contributed by atoms with Crippen LogP contribution >= 0.6 is 0 Å². The SMILES string of the molecule is CC#CCC(O)C(N)C(C)C. The summed E-state index contributed by atoms with van der Waals surface area (Å²) < 4.78 is 0. The second-order valence-electron chi connectivity index (χ2n) is 3.02. The summed E-state index contributed by atoms with van der Waals surface area (Å²) in [6.45, 7) is 5.74. The third-order valence-electron chi connectivity index (χ3n) is 1.70. The van der Waals surface area contributed by atoms with Gasteiger partial charge in [-0.05, 0) is 12.8 Å². The molecule has 3 N–H and O–H groups in total. The summed E-state index contributed by atoms with van der Waals surface area (Å²) >= 11 is 0. The quantitative estimate of drug-likeness (QED) is 0.591. The van der Waals surface area contributed by atoms with Crippen LogP contribution in [0.2, 0.25) is 0 Å². The van der Waals surface area contributed by atoms with Gasteiger partial charge in [-0.1, -0.05) is 13.8 Å². The zero-order valence-corrected chi connectivity index (χ0v) is 7.46. The van der Waals surface area contributed by atoms with Crippen molar-refractivity contribution in [3.63, 3.8) is 0 Å². The van der Waals surface area contributed by atoms with Crippen LogP contribution in [0.5, 0.6) is 0 Å². The number of nitrogens with two attached hydrogens (primary N) is 1. The molecular formula is C9H17NO. The lowest BCUT2D eigenvalue weighted by molar-refractivity contribution is 0.129. The summed E-state index contributed by atoms with van der Waals surface area (Å²) in [6.07, 6.45) is -0.00185. The predicted octanol–water partition coefficient (Wildman–Crippen LogP) is 0.744. The van der Waals surface area contributed by atoms with Crippen molar-refractivity contribution in [2.75, 3.05) is 0 Å². The highest BCUT2D eigenvalue weighted by Gasteiger charge is 2.16. The Morgan fingerprint density at radius 3 is 2.36 bits per heavy atom. The molecule has 0 aliphatic heterocycles. The second kappa shape index (κ2) is 5.17. The van der Waals surface area contributed by atoms with E-state index in [1.165, 1.54) is 0 Å². The lowest BCUT2D eigenvalue weighted by Gasteiger charge is -2.19. The maximum atomic E-state index is 9.39. The van der Waals surface area contributed by atoms with Gasteiger partial charge in [0.1, 0.15) is 0 Å². The van der Waals surface area contributed by atoms with Crippen molar-refractivity contribution in [2.45, 2.75) is 39.3 Å². The molecule has 2 nitrogen and oxygen atoms in total. The zero-order chi connectivity index (χ0) is 8.85. The van der Waals surface area contributed by atoms with Gasteiger partial charge in [0.2, 0.25) is 0 Å². The number of aliphatic hydroxyl groups excluding tert-OH is 1. The largest absolute Gasteiger partial charge is 0.391 e. The first kappa shape index (κ1) is 10.5. The molecule has 0 aliphatic rings. The van der Waals surface area contributed by atoms with Crippen LogP contribution in [0.25, 0.3) is 0 Å². The van der Waals surface area contributed by atoms with Gasteiger partial charge in [0.25, 0.3) is 0 Å². The Kier molecular flexibility index (Phi) is 4.93. The molecule has 0 saturated heterocycles. The topological polar surface area (TPSA) is 46.2 Å². The van der Waals surface area contributed by atoms with Gasteiger partial charge in [-0.2, -0.15) is 0 Å². The molecular weight excluding hydrogens is 138 g/mol. The van der Waals surface area contributed by atoms with Gasteiger partial charge in [-0.15, -0.1) is 11.8 Å². The second-order valence-corrected chi connectivity index (χ2v) is 3.02. The van der Waals surface area contributed by atoms with Crippen molar-refractivity contribution < 1.29 is 5.11 Å². The molecule has 2 atom stereocenters. The van der Waals surface area contributed by atoms with E-state index >= 15 is 0 Å². The minimum Gasteiger partial charge on any atom is -0.391 e. The van der Waals surface area contributed by atoms with Gasteiger partial charge in [0.15, 0.2) is 0 Å². The number of hydrogen-bond donors (Lipinski definition) is 2. The maximum absolute atomic E-state index is 9.39. The Labute approximate surface area is 68.8 Å². The highest BCUT2D eigenvalue weighted by molar-refractivity contribution is 4.98. The predicted molar refractivity (Wildman–Crippen MR) is 46.9 cm³/mol. The molecule has 0 radical (unpaired) electrons. The van der Waals surface area contributed by atoms with E-state index in [9.17, 15) is 5.11 Å². The fourth-order valence-corrected chi connectivity index (χ4v) is 0.787. The van der Waals surface area contributed by atoms with Gasteiger partial charge in [0, 0.05) is 12.5 Å². The van der Waals surface area contributed by atoms with Crippen LogP contribution in [-0.2, 0) is 0 Å². The Morgan fingerprint density at radius 2 is 2.00 bits per heavy atom. The van der Waals surface area contributed by atoms with Gasteiger partial charge >= 0.3 is 0 Å². The van der Waals surface area contributed by atoms with Crippen molar-refractivity contribution in [3.8, 4) is 11.8 Å². The molecule has 0 bridgehead atoms. The minimum atomic E-state index is -0.484. The average Bonchev–Trinajstić information content (AvgIpc) is 1.98. The molecule has 0 rings (SSSR count). The highest BCUT2D eigenvalue weighted by Crippen LogP contribution is 2.05.